The van der Waals surface area contributed by atoms with Crippen molar-refractivity contribution >= 4 is 5.91 Å². The van der Waals surface area contributed by atoms with Gasteiger partial charge in [0.05, 0.1) is 0 Å². The predicted octanol–water partition coefficient (Wildman–Crippen LogP) is 0.793. The van der Waals surface area contributed by atoms with E-state index in [1.807, 2.05) is 13.8 Å². The van der Waals surface area contributed by atoms with Crippen molar-refractivity contribution in [2.75, 3.05) is 6.54 Å². The van der Waals surface area contributed by atoms with Gasteiger partial charge in [-0.25, -0.2) is 0 Å². The maximum atomic E-state index is 10.2. The molecule has 0 saturated carbocycles. The summed E-state index contributed by atoms with van der Waals surface area (Å²) in [4.78, 5) is 10.2. The van der Waals surface area contributed by atoms with Crippen molar-refractivity contribution < 1.29 is 4.79 Å². The second-order valence-electron chi connectivity index (χ2n) is 2.13. The molecule has 0 fully saturated rings. The van der Waals surface area contributed by atoms with Gasteiger partial charge in [0.1, 0.15) is 0 Å². The molecule has 0 bridgehead atoms. The van der Waals surface area contributed by atoms with E-state index < -0.39 is 0 Å². The minimum absolute atomic E-state index is 0.383. The molecule has 0 heterocycles. The number of amides is 1. The molecule has 3 nitrogen and oxygen atoms in total. The molecule has 66 valence electrons. The quantitative estimate of drug-likeness (QED) is 0.596. The number of nitrogens with two attached hydrogens (primary N) is 2. The van der Waals surface area contributed by atoms with Crippen LogP contribution < -0.4 is 11.5 Å². The molecular formula is C8H18N2O. The highest BCUT2D eigenvalue weighted by molar-refractivity contribution is 5.91. The number of rotatable bonds is 3. The van der Waals surface area contributed by atoms with Crippen LogP contribution in [-0.2, 0) is 4.79 Å². The highest BCUT2D eigenvalue weighted by atomic mass is 16.1. The van der Waals surface area contributed by atoms with Crippen LogP contribution in [0.3, 0.4) is 0 Å². The van der Waals surface area contributed by atoms with E-state index in [4.69, 9.17) is 11.5 Å². The summed E-state index contributed by atoms with van der Waals surface area (Å²) in [6, 6.07) is 0. The highest BCUT2D eigenvalue weighted by Crippen LogP contribution is 1.98. The Labute approximate surface area is 68.5 Å². The van der Waals surface area contributed by atoms with E-state index in [9.17, 15) is 4.79 Å². The maximum Gasteiger partial charge on any atom is 0.244 e. The minimum Gasteiger partial charge on any atom is -0.366 e. The molecule has 3 heteroatoms. The zero-order valence-electron chi connectivity index (χ0n) is 7.39. The molecule has 0 aliphatic rings. The first-order chi connectivity index (χ1) is 5.09. The Kier molecular flexibility index (Phi) is 10.7. The van der Waals surface area contributed by atoms with Crippen LogP contribution in [-0.4, -0.2) is 12.5 Å². The number of hydrogen-bond donors (Lipinski definition) is 2. The molecule has 0 saturated heterocycles. The van der Waals surface area contributed by atoms with E-state index in [-0.39, 0.29) is 5.91 Å². The Morgan fingerprint density at radius 1 is 1.45 bits per heavy atom. The van der Waals surface area contributed by atoms with Crippen molar-refractivity contribution in [2.45, 2.75) is 26.7 Å². The molecule has 0 aromatic carbocycles. The largest absolute Gasteiger partial charge is 0.366 e. The van der Waals surface area contributed by atoms with E-state index >= 15 is 0 Å². The molecule has 0 radical (unpaired) electrons. The third-order valence-electron chi connectivity index (χ3n) is 0.900. The van der Waals surface area contributed by atoms with Gasteiger partial charge >= 0.3 is 0 Å². The average Bonchev–Trinajstić information content (AvgIpc) is 1.90. The molecule has 0 aliphatic carbocycles. The van der Waals surface area contributed by atoms with E-state index in [2.05, 4.69) is 6.58 Å². The predicted molar refractivity (Wildman–Crippen MR) is 48.0 cm³/mol. The average molecular weight is 158 g/mol. The molecule has 0 spiro atoms. The summed E-state index contributed by atoms with van der Waals surface area (Å²) in [7, 11) is 0. The lowest BCUT2D eigenvalue weighted by atomic mass is 10.2. The van der Waals surface area contributed by atoms with Gasteiger partial charge in [0.15, 0.2) is 0 Å². The molecule has 1 amide bonds. The van der Waals surface area contributed by atoms with Gasteiger partial charge in [-0.2, -0.15) is 0 Å². The van der Waals surface area contributed by atoms with E-state index in [0.717, 1.165) is 19.4 Å². The van der Waals surface area contributed by atoms with Crippen molar-refractivity contribution in [1.29, 1.82) is 0 Å². The topological polar surface area (TPSA) is 69.1 Å². The molecule has 0 aliphatic heterocycles. The third-order valence-corrected chi connectivity index (χ3v) is 0.900. The summed E-state index contributed by atoms with van der Waals surface area (Å²) in [5.74, 6) is -0.383. The first kappa shape index (κ1) is 12.8. The Morgan fingerprint density at radius 2 is 1.82 bits per heavy atom. The molecule has 0 unspecified atom stereocenters. The SMILES string of the molecule is C=C(CCC)C(N)=O.CCN. The van der Waals surface area contributed by atoms with Gasteiger partial charge in [0, 0.05) is 5.57 Å². The normalized spacial score (nSPS) is 7.91. The van der Waals surface area contributed by atoms with Crippen LogP contribution in [0.15, 0.2) is 12.2 Å². The van der Waals surface area contributed by atoms with E-state index in [1.165, 1.54) is 0 Å². The van der Waals surface area contributed by atoms with Gasteiger partial charge in [-0.05, 0) is 13.0 Å². The van der Waals surface area contributed by atoms with Gasteiger partial charge < -0.3 is 11.5 Å². The summed E-state index contributed by atoms with van der Waals surface area (Å²) in [5.41, 5.74) is 10.3. The Hall–Kier alpha value is -0.830. The molecule has 11 heavy (non-hydrogen) atoms. The summed E-state index contributed by atoms with van der Waals surface area (Å²) in [6.45, 7) is 8.10. The molecular weight excluding hydrogens is 140 g/mol. The molecule has 0 aromatic heterocycles. The summed E-state index contributed by atoms with van der Waals surface area (Å²) in [6.07, 6.45) is 1.65. The van der Waals surface area contributed by atoms with Crippen LogP contribution in [0.25, 0.3) is 0 Å². The second-order valence-corrected chi connectivity index (χ2v) is 2.13. The van der Waals surface area contributed by atoms with Crippen molar-refractivity contribution in [1.82, 2.24) is 0 Å². The second kappa shape index (κ2) is 9.17. The first-order valence-electron chi connectivity index (χ1n) is 3.77. The van der Waals surface area contributed by atoms with Crippen LogP contribution in [0.2, 0.25) is 0 Å². The fourth-order valence-electron chi connectivity index (χ4n) is 0.425. The van der Waals surface area contributed by atoms with Gasteiger partial charge in [-0.1, -0.05) is 26.8 Å². The van der Waals surface area contributed by atoms with Crippen molar-refractivity contribution in [3.63, 3.8) is 0 Å². The molecule has 0 atom stereocenters. The van der Waals surface area contributed by atoms with E-state index in [0.29, 0.717) is 5.57 Å². The van der Waals surface area contributed by atoms with Crippen molar-refractivity contribution in [3.8, 4) is 0 Å². The summed E-state index contributed by atoms with van der Waals surface area (Å²) >= 11 is 0. The lowest BCUT2D eigenvalue weighted by Crippen LogP contribution is -2.12. The van der Waals surface area contributed by atoms with Crippen LogP contribution >= 0.6 is 0 Å². The van der Waals surface area contributed by atoms with Gasteiger partial charge in [0.25, 0.3) is 0 Å². The lowest BCUT2D eigenvalue weighted by molar-refractivity contribution is -0.114. The van der Waals surface area contributed by atoms with Crippen molar-refractivity contribution in [2.24, 2.45) is 11.5 Å². The molecule has 0 rings (SSSR count). The van der Waals surface area contributed by atoms with E-state index in [1.54, 1.807) is 0 Å². The fraction of sp³-hybridized carbons (Fsp3) is 0.625. The molecule has 0 aromatic rings. The van der Waals surface area contributed by atoms with Crippen LogP contribution in [0.1, 0.15) is 26.7 Å². The summed E-state index contributed by atoms with van der Waals surface area (Å²) < 4.78 is 0. The van der Waals surface area contributed by atoms with Crippen LogP contribution in [0.4, 0.5) is 0 Å². The standard InChI is InChI=1S/C6H11NO.C2H7N/c1-3-4-5(2)6(7)8;1-2-3/h2-4H2,1H3,(H2,7,8);2-3H2,1H3. The number of carbonyl (C=O) groups excluding carboxylic acids is 1. The number of primary amides is 1. The van der Waals surface area contributed by atoms with Gasteiger partial charge in [0.2, 0.25) is 5.91 Å². The zero-order valence-corrected chi connectivity index (χ0v) is 7.39. The highest BCUT2D eigenvalue weighted by Gasteiger charge is 1.96. The van der Waals surface area contributed by atoms with Gasteiger partial charge in [-0.3, -0.25) is 4.79 Å². The fourth-order valence-corrected chi connectivity index (χ4v) is 0.425. The Bertz CT molecular complexity index is 121. The minimum atomic E-state index is -0.383. The lowest BCUT2D eigenvalue weighted by Gasteiger charge is -1.93. The first-order valence-corrected chi connectivity index (χ1v) is 3.77. The van der Waals surface area contributed by atoms with Crippen LogP contribution in [0, 0.1) is 0 Å². The number of carbonyl (C=O) groups is 1. The third kappa shape index (κ3) is 12.4. The van der Waals surface area contributed by atoms with Crippen LogP contribution in [0.5, 0.6) is 0 Å². The van der Waals surface area contributed by atoms with Crippen molar-refractivity contribution in [3.05, 3.63) is 12.2 Å². The smallest absolute Gasteiger partial charge is 0.244 e. The molecule has 4 N–H and O–H groups in total. The Morgan fingerprint density at radius 3 is 1.91 bits per heavy atom. The monoisotopic (exact) mass is 158 g/mol. The Balaban J connectivity index is 0. The van der Waals surface area contributed by atoms with Gasteiger partial charge in [-0.15, -0.1) is 0 Å². The zero-order chi connectivity index (χ0) is 9.28. The number of hydrogen-bond acceptors (Lipinski definition) is 2. The maximum absolute atomic E-state index is 10.2. The summed E-state index contributed by atoms with van der Waals surface area (Å²) in [5, 5.41) is 0.